The van der Waals surface area contributed by atoms with E-state index >= 15 is 0 Å². The van der Waals surface area contributed by atoms with Crippen molar-refractivity contribution in [2.75, 3.05) is 4.90 Å². The summed E-state index contributed by atoms with van der Waals surface area (Å²) >= 11 is 0. The largest absolute Gasteiger partial charge is 0.507 e. The van der Waals surface area contributed by atoms with Crippen molar-refractivity contribution in [1.82, 2.24) is 19.3 Å². The van der Waals surface area contributed by atoms with Gasteiger partial charge in [0.1, 0.15) is 11.6 Å². The number of hydrogen-bond acceptors (Lipinski definition) is 5. The molecule has 3 aliphatic heterocycles. The number of pyridine rings is 1. The number of rotatable bonds is 6. The third-order valence-electron chi connectivity index (χ3n) is 13.4. The fourth-order valence-electron chi connectivity index (χ4n) is 9.75. The molecule has 0 saturated heterocycles. The van der Waals surface area contributed by atoms with Gasteiger partial charge in [0.2, 0.25) is 0 Å². The van der Waals surface area contributed by atoms with Crippen molar-refractivity contribution in [1.29, 1.82) is 0 Å². The van der Waals surface area contributed by atoms with Crippen molar-refractivity contribution in [3.05, 3.63) is 210 Å². The summed E-state index contributed by atoms with van der Waals surface area (Å²) < 4.78 is 57.6. The van der Waals surface area contributed by atoms with Crippen LogP contribution in [-0.2, 0) is 37.3 Å². The molecule has 8 heteroatoms. The number of phenolic OH excluding ortho intramolecular Hbond substituents is 1. The Kier molecular flexibility index (Phi) is 9.95. The van der Waals surface area contributed by atoms with E-state index in [-0.39, 0.29) is 55.9 Å². The van der Waals surface area contributed by atoms with Crippen LogP contribution in [0.4, 0.5) is 11.4 Å². The van der Waals surface area contributed by atoms with Gasteiger partial charge >= 0.3 is 6.85 Å². The van der Waals surface area contributed by atoms with E-state index in [2.05, 4.69) is 133 Å². The predicted molar refractivity (Wildman–Crippen MR) is 287 cm³/mol. The number of phenols is 1. The van der Waals surface area contributed by atoms with Crippen LogP contribution in [-0.4, -0.2) is 31.3 Å². The van der Waals surface area contributed by atoms with E-state index in [0.29, 0.717) is 45.2 Å². The van der Waals surface area contributed by atoms with Gasteiger partial charge in [0.15, 0.2) is 0 Å². The Bertz CT molecular complexity index is 3750. The van der Waals surface area contributed by atoms with Gasteiger partial charge in [0, 0.05) is 49.8 Å². The number of allylic oxidation sites excluding steroid dienone is 3. The Morgan fingerprint density at radius 3 is 2.06 bits per heavy atom. The van der Waals surface area contributed by atoms with Crippen LogP contribution in [0.25, 0.3) is 56.6 Å². The molecule has 3 aliphatic rings. The van der Waals surface area contributed by atoms with Gasteiger partial charge < -0.3 is 19.8 Å². The average molecular weight is 1100 g/mol. The van der Waals surface area contributed by atoms with Crippen LogP contribution in [0, 0.1) is 6.07 Å². The Hall–Kier alpha value is -6.95. The minimum atomic E-state index is -0.694. The van der Waals surface area contributed by atoms with Crippen LogP contribution in [0.2, 0.25) is 0 Å². The summed E-state index contributed by atoms with van der Waals surface area (Å²) in [4.78, 5) is 15.0. The monoisotopic (exact) mass is 1100 g/mol. The number of fused-ring (bicyclic) bond motifs is 4. The summed E-state index contributed by atoms with van der Waals surface area (Å²) in [5, 5.41) is 12.9. The van der Waals surface area contributed by atoms with Gasteiger partial charge in [-0.25, -0.2) is 4.98 Å². The van der Waals surface area contributed by atoms with Crippen LogP contribution in [0.1, 0.15) is 92.9 Å². The summed E-state index contributed by atoms with van der Waals surface area (Å²) in [6.45, 7) is 18.1. The van der Waals surface area contributed by atoms with Crippen molar-refractivity contribution >= 4 is 35.3 Å². The molecule has 8 aromatic rings. The Morgan fingerprint density at radius 2 is 1.36 bits per heavy atom. The zero-order valence-corrected chi connectivity index (χ0v) is 43.1. The number of aromatic nitrogens is 3. The molecule has 11 rings (SSSR count). The number of para-hydroxylation sites is 1. The minimum absolute atomic E-state index is 0. The number of imidazole rings is 1. The van der Waals surface area contributed by atoms with Crippen molar-refractivity contribution in [3.63, 3.8) is 0 Å². The fourth-order valence-corrected chi connectivity index (χ4v) is 9.75. The standard InChI is InChI=1S/C62H57BN5O.Pt/c1-60(2,3)44-29-31-53(48(36-44)41-22-15-11-16-23-41)67-55-39-47-26-19-27-56-66(46-24-17-12-18-25-46)54-30-28-43(52-35-42(32-33-64-52)40-20-13-10-14-21-40)34-51(54)63(68(47)56)58(55)65-59(67)49-37-45(61(4,5)6)38-50(57(49)69)62(7,8)9;/h10-33,35-39,69H,1-9H3;/q-1;/i11D,15D,16D,22D,23D,39D;. The molecule has 1 N–H and O–H groups in total. The van der Waals surface area contributed by atoms with E-state index in [9.17, 15) is 9.22 Å². The maximum Gasteiger partial charge on any atom is 0.335 e. The molecule has 6 aromatic carbocycles. The molecule has 2 aromatic heterocycles. The topological polar surface area (TPSA) is 57.4 Å². The first-order valence-corrected chi connectivity index (χ1v) is 23.6. The number of hydrogen-bond donors (Lipinski definition) is 1. The van der Waals surface area contributed by atoms with Crippen LogP contribution in [0.15, 0.2) is 181 Å². The normalized spacial score (nSPS) is 15.4. The quantitative estimate of drug-likeness (QED) is 0.133. The zero-order valence-electron chi connectivity index (χ0n) is 46.9. The molecular formula is C62H57BN5OPt-. The number of nitrogens with zero attached hydrogens (tertiary/aromatic N) is 5. The van der Waals surface area contributed by atoms with Crippen LogP contribution in [0.5, 0.6) is 5.75 Å². The molecule has 6 nitrogen and oxygen atoms in total. The van der Waals surface area contributed by atoms with Crippen molar-refractivity contribution in [2.24, 2.45) is 0 Å². The third kappa shape index (κ3) is 8.08. The molecule has 0 fully saturated rings. The van der Waals surface area contributed by atoms with Crippen LogP contribution < -0.4 is 16.0 Å². The Balaban J connectivity index is 0.00000657. The van der Waals surface area contributed by atoms with Gasteiger partial charge in [-0.05, 0) is 110 Å². The summed E-state index contributed by atoms with van der Waals surface area (Å²) in [6.07, 6.45) is 7.77. The van der Waals surface area contributed by atoms with Gasteiger partial charge in [-0.15, -0.1) is 29.2 Å². The van der Waals surface area contributed by atoms with E-state index in [1.807, 2.05) is 89.6 Å². The Labute approximate surface area is 436 Å². The smallest absolute Gasteiger partial charge is 0.335 e. The molecule has 5 heterocycles. The first-order chi connectivity index (χ1) is 35.5. The molecule has 0 saturated carbocycles. The van der Waals surface area contributed by atoms with Crippen LogP contribution in [0.3, 0.4) is 0 Å². The number of aromatic hydroxyl groups is 1. The van der Waals surface area contributed by atoms with Crippen LogP contribution >= 0.6 is 0 Å². The summed E-state index contributed by atoms with van der Waals surface area (Å²) in [7, 11) is 0. The molecule has 0 amide bonds. The third-order valence-corrected chi connectivity index (χ3v) is 13.4. The molecular weight excluding hydrogens is 1040 g/mol. The maximum absolute atomic E-state index is 12.9. The first kappa shape index (κ1) is 39.9. The molecule has 0 bridgehead atoms. The van der Waals surface area contributed by atoms with E-state index in [1.165, 1.54) is 0 Å². The van der Waals surface area contributed by atoms with Gasteiger partial charge in [-0.3, -0.25) is 4.57 Å². The molecule has 70 heavy (non-hydrogen) atoms. The molecule has 350 valence electrons. The fraction of sp³-hybridized carbons (Fsp3) is 0.194. The molecule has 0 spiro atoms. The number of benzene rings is 6. The number of anilines is 2. The molecule has 0 radical (unpaired) electrons. The summed E-state index contributed by atoms with van der Waals surface area (Å²) in [5.74, 6) is 1.16. The second-order valence-electron chi connectivity index (χ2n) is 21.2. The van der Waals surface area contributed by atoms with Crippen molar-refractivity contribution < 1.29 is 34.4 Å². The predicted octanol–water partition coefficient (Wildman–Crippen LogP) is 13.7. The van der Waals surface area contributed by atoms with Gasteiger partial charge in [-0.1, -0.05) is 165 Å². The van der Waals surface area contributed by atoms with Crippen molar-refractivity contribution in [2.45, 2.75) is 78.6 Å². The second-order valence-corrected chi connectivity index (χ2v) is 21.2. The maximum atomic E-state index is 12.9. The molecule has 0 aliphatic carbocycles. The second kappa shape index (κ2) is 17.5. The zero-order chi connectivity index (χ0) is 53.2. The SMILES string of the molecule is [2H]C1=C2C=CC=C3N2B(c2[c-]c(-c4cc(-c5ccccc5)ccn4)ccc2N3c2ccccc2)c2nc(-c3cc(C(C)(C)C)cc(C(C)(C)C)c3O)n(-c3ccc(C(C)(C)C)cc3-c3c([2H])c([2H])c([2H])c([2H])c3[2H])c21.[Pt]. The van der Waals surface area contributed by atoms with E-state index in [0.717, 1.165) is 56.2 Å². The van der Waals surface area contributed by atoms with Gasteiger partial charge in [0.05, 0.1) is 36.6 Å². The van der Waals surface area contributed by atoms with Gasteiger partial charge in [0.25, 0.3) is 0 Å². The van der Waals surface area contributed by atoms with Crippen molar-refractivity contribution in [3.8, 4) is 56.3 Å². The minimum Gasteiger partial charge on any atom is -0.507 e. The van der Waals surface area contributed by atoms with E-state index < -0.39 is 35.8 Å². The first-order valence-electron chi connectivity index (χ1n) is 26.6. The van der Waals surface area contributed by atoms with E-state index in [1.54, 1.807) is 0 Å². The average Bonchev–Trinajstić information content (AvgIpc) is 3.91. The Morgan fingerprint density at radius 1 is 0.671 bits per heavy atom. The molecule has 0 unspecified atom stereocenters. The summed E-state index contributed by atoms with van der Waals surface area (Å²) in [5.41, 5.74) is 10.1. The van der Waals surface area contributed by atoms with Gasteiger partial charge in [-0.2, -0.15) is 0 Å². The molecule has 0 atom stereocenters. The van der Waals surface area contributed by atoms with E-state index in [4.69, 9.17) is 14.1 Å². The summed E-state index contributed by atoms with van der Waals surface area (Å²) in [6, 6.07) is 40.3.